The van der Waals surface area contributed by atoms with Crippen molar-refractivity contribution in [1.82, 2.24) is 4.90 Å². The Morgan fingerprint density at radius 2 is 2.16 bits per heavy atom. The molecule has 1 fully saturated rings. The molecule has 1 aliphatic heterocycles. The molecule has 19 heavy (non-hydrogen) atoms. The largest absolute Gasteiger partial charge is 0.335 e. The minimum absolute atomic E-state index is 0.0831. The Hall–Kier alpha value is -0.350. The van der Waals surface area contributed by atoms with E-state index in [-0.39, 0.29) is 16.8 Å². The van der Waals surface area contributed by atoms with E-state index < -0.39 is 0 Å². The smallest absolute Gasteiger partial charge is 0.237 e. The number of carbonyl (C=O) groups excluding carboxylic acids is 1. The molecule has 1 amide bonds. The summed E-state index contributed by atoms with van der Waals surface area (Å²) in [4.78, 5) is 14.5. The second-order valence-electron chi connectivity index (χ2n) is 5.39. The molecule has 2 unspecified atom stereocenters. The summed E-state index contributed by atoms with van der Waals surface area (Å²) in [7, 11) is 0. The van der Waals surface area contributed by atoms with Gasteiger partial charge in [-0.25, -0.2) is 0 Å². The second kappa shape index (κ2) is 6.40. The summed E-state index contributed by atoms with van der Waals surface area (Å²) in [6, 6.07) is 8.51. The van der Waals surface area contributed by atoms with E-state index in [1.54, 1.807) is 0 Å². The maximum Gasteiger partial charge on any atom is 0.237 e. The van der Waals surface area contributed by atoms with E-state index in [1.807, 2.05) is 17.0 Å². The minimum Gasteiger partial charge on any atom is -0.335 e. The van der Waals surface area contributed by atoms with Crippen LogP contribution in [0.2, 0.25) is 0 Å². The predicted octanol–water partition coefficient (Wildman–Crippen LogP) is 4.53. The van der Waals surface area contributed by atoms with E-state index in [9.17, 15) is 4.79 Å². The van der Waals surface area contributed by atoms with Crippen LogP contribution >= 0.6 is 31.9 Å². The van der Waals surface area contributed by atoms with E-state index in [0.29, 0.717) is 5.92 Å². The Labute approximate surface area is 131 Å². The predicted molar refractivity (Wildman–Crippen MR) is 85.4 cm³/mol. The molecule has 0 radical (unpaired) electrons. The van der Waals surface area contributed by atoms with Gasteiger partial charge in [0.05, 0.1) is 10.9 Å². The van der Waals surface area contributed by atoms with Gasteiger partial charge < -0.3 is 4.90 Å². The maximum absolute atomic E-state index is 12.5. The first-order valence-corrected chi connectivity index (χ1v) is 8.41. The lowest BCUT2D eigenvalue weighted by Gasteiger charge is -2.28. The molecule has 1 heterocycles. The second-order valence-corrected chi connectivity index (χ2v) is 7.29. The first kappa shape index (κ1) is 15.0. The van der Waals surface area contributed by atoms with Crippen molar-refractivity contribution in [2.24, 2.45) is 5.92 Å². The number of amides is 1. The van der Waals surface area contributed by atoms with Gasteiger partial charge in [0, 0.05) is 11.0 Å². The van der Waals surface area contributed by atoms with E-state index in [2.05, 4.69) is 57.8 Å². The van der Waals surface area contributed by atoms with Gasteiger partial charge in [-0.1, -0.05) is 57.8 Å². The van der Waals surface area contributed by atoms with Gasteiger partial charge in [0.15, 0.2) is 0 Å². The SMILES string of the molecule is CC(C)C(Br)C(=O)N1CCCC1c1cccc(Br)c1. The summed E-state index contributed by atoms with van der Waals surface area (Å²) in [6.45, 7) is 5.01. The van der Waals surface area contributed by atoms with Crippen LogP contribution in [0.25, 0.3) is 0 Å². The zero-order chi connectivity index (χ0) is 14.0. The third-order valence-corrected chi connectivity index (χ3v) is 5.53. The number of alkyl halides is 1. The molecule has 2 atom stereocenters. The number of halogens is 2. The highest BCUT2D eigenvalue weighted by Gasteiger charge is 2.33. The Kier molecular flexibility index (Phi) is 5.07. The molecule has 0 N–H and O–H groups in total. The summed E-state index contributed by atoms with van der Waals surface area (Å²) in [5.74, 6) is 0.536. The standard InChI is InChI=1S/C15H19Br2NO/c1-10(2)14(17)15(19)18-8-4-7-13(18)11-5-3-6-12(16)9-11/h3,5-6,9-10,13-14H,4,7-8H2,1-2H3. The summed E-state index contributed by atoms with van der Waals surface area (Å²) >= 11 is 7.04. The highest BCUT2D eigenvalue weighted by Crippen LogP contribution is 2.34. The summed E-state index contributed by atoms with van der Waals surface area (Å²) in [6.07, 6.45) is 2.14. The highest BCUT2D eigenvalue weighted by molar-refractivity contribution is 9.10. The van der Waals surface area contributed by atoms with Gasteiger partial charge in [-0.2, -0.15) is 0 Å². The average Bonchev–Trinajstić information content (AvgIpc) is 2.86. The van der Waals surface area contributed by atoms with Gasteiger partial charge >= 0.3 is 0 Å². The molecule has 1 aromatic rings. The molecule has 0 spiro atoms. The van der Waals surface area contributed by atoms with Crippen molar-refractivity contribution < 1.29 is 4.79 Å². The monoisotopic (exact) mass is 387 g/mol. The van der Waals surface area contributed by atoms with E-state index >= 15 is 0 Å². The van der Waals surface area contributed by atoms with Crippen molar-refractivity contribution >= 4 is 37.8 Å². The Balaban J connectivity index is 2.19. The van der Waals surface area contributed by atoms with Crippen LogP contribution < -0.4 is 0 Å². The molecular weight excluding hydrogens is 370 g/mol. The van der Waals surface area contributed by atoms with Crippen molar-refractivity contribution in [3.8, 4) is 0 Å². The summed E-state index contributed by atoms with van der Waals surface area (Å²) < 4.78 is 1.07. The molecular formula is C15H19Br2NO. The van der Waals surface area contributed by atoms with E-state index in [0.717, 1.165) is 23.9 Å². The van der Waals surface area contributed by atoms with Gasteiger partial charge in [0.2, 0.25) is 5.91 Å². The van der Waals surface area contributed by atoms with Crippen LogP contribution in [0.3, 0.4) is 0 Å². The van der Waals surface area contributed by atoms with Gasteiger partial charge in [-0.15, -0.1) is 0 Å². The van der Waals surface area contributed by atoms with Gasteiger partial charge in [0.25, 0.3) is 0 Å². The third kappa shape index (κ3) is 3.40. The molecule has 104 valence electrons. The molecule has 4 heteroatoms. The highest BCUT2D eigenvalue weighted by atomic mass is 79.9. The lowest BCUT2D eigenvalue weighted by Crippen LogP contribution is -2.38. The topological polar surface area (TPSA) is 20.3 Å². The zero-order valence-corrected chi connectivity index (χ0v) is 14.4. The Morgan fingerprint density at radius 1 is 1.42 bits per heavy atom. The fourth-order valence-corrected chi connectivity index (χ4v) is 3.21. The van der Waals surface area contributed by atoms with Crippen molar-refractivity contribution in [1.29, 1.82) is 0 Å². The number of benzene rings is 1. The van der Waals surface area contributed by atoms with Crippen molar-refractivity contribution in [2.45, 2.75) is 37.6 Å². The molecule has 1 aliphatic rings. The number of hydrogen-bond donors (Lipinski definition) is 0. The fourth-order valence-electron chi connectivity index (χ4n) is 2.53. The number of hydrogen-bond acceptors (Lipinski definition) is 1. The zero-order valence-electron chi connectivity index (χ0n) is 11.3. The summed E-state index contributed by atoms with van der Waals surface area (Å²) in [5, 5.41) is 0. The number of likely N-dealkylation sites (tertiary alicyclic amines) is 1. The van der Waals surface area contributed by atoms with Gasteiger partial charge in [-0.3, -0.25) is 4.79 Å². The molecule has 2 rings (SSSR count). The molecule has 1 saturated heterocycles. The van der Waals surface area contributed by atoms with Gasteiger partial charge in [0.1, 0.15) is 0 Å². The number of nitrogens with zero attached hydrogens (tertiary/aromatic N) is 1. The molecule has 1 aromatic carbocycles. The Morgan fingerprint density at radius 3 is 2.79 bits per heavy atom. The lowest BCUT2D eigenvalue weighted by molar-refractivity contribution is -0.132. The van der Waals surface area contributed by atoms with Crippen molar-refractivity contribution in [3.05, 3.63) is 34.3 Å². The molecule has 2 nitrogen and oxygen atoms in total. The number of rotatable bonds is 3. The van der Waals surface area contributed by atoms with Crippen molar-refractivity contribution in [2.75, 3.05) is 6.54 Å². The molecule has 0 aliphatic carbocycles. The molecule has 0 saturated carbocycles. The number of carbonyl (C=O) groups is 1. The molecule has 0 bridgehead atoms. The van der Waals surface area contributed by atoms with Crippen LogP contribution in [0.5, 0.6) is 0 Å². The van der Waals surface area contributed by atoms with Crippen LogP contribution in [-0.2, 0) is 4.79 Å². The van der Waals surface area contributed by atoms with Crippen LogP contribution in [0.15, 0.2) is 28.7 Å². The summed E-state index contributed by atoms with van der Waals surface area (Å²) in [5.41, 5.74) is 1.23. The average molecular weight is 389 g/mol. The van der Waals surface area contributed by atoms with Gasteiger partial charge in [-0.05, 0) is 36.5 Å². The van der Waals surface area contributed by atoms with Crippen LogP contribution in [0.1, 0.15) is 38.3 Å². The third-order valence-electron chi connectivity index (χ3n) is 3.59. The fraction of sp³-hybridized carbons (Fsp3) is 0.533. The normalized spacial score (nSPS) is 20.9. The van der Waals surface area contributed by atoms with Crippen molar-refractivity contribution in [3.63, 3.8) is 0 Å². The first-order valence-electron chi connectivity index (χ1n) is 6.70. The van der Waals surface area contributed by atoms with Crippen LogP contribution in [0, 0.1) is 5.92 Å². The quantitative estimate of drug-likeness (QED) is 0.696. The van der Waals surface area contributed by atoms with E-state index in [1.165, 1.54) is 5.56 Å². The minimum atomic E-state index is -0.0831. The molecule has 0 aromatic heterocycles. The van der Waals surface area contributed by atoms with Crippen LogP contribution in [-0.4, -0.2) is 22.2 Å². The lowest BCUT2D eigenvalue weighted by atomic mass is 10.0. The van der Waals surface area contributed by atoms with Crippen LogP contribution in [0.4, 0.5) is 0 Å². The Bertz CT molecular complexity index is 461. The maximum atomic E-state index is 12.5. The van der Waals surface area contributed by atoms with E-state index in [4.69, 9.17) is 0 Å². The first-order chi connectivity index (χ1) is 9.00.